The zero-order chi connectivity index (χ0) is 23.1. The van der Waals surface area contributed by atoms with Crippen molar-refractivity contribution in [3.63, 3.8) is 0 Å². The van der Waals surface area contributed by atoms with Crippen LogP contribution in [0.15, 0.2) is 84.9 Å². The summed E-state index contributed by atoms with van der Waals surface area (Å²) in [7, 11) is -4.46. The Labute approximate surface area is 200 Å². The van der Waals surface area contributed by atoms with E-state index in [1.165, 1.54) is 29.5 Å². The molecule has 0 bridgehead atoms. The molecule has 0 aromatic heterocycles. The molecule has 0 N–H and O–H groups in total. The highest BCUT2D eigenvalue weighted by molar-refractivity contribution is 7.96. The summed E-state index contributed by atoms with van der Waals surface area (Å²) in [6.45, 7) is -0.206. The van der Waals surface area contributed by atoms with Gasteiger partial charge in [0.1, 0.15) is 16.8 Å². The summed E-state index contributed by atoms with van der Waals surface area (Å²) in [5.41, 5.74) is 4.74. The molecule has 2 atom stereocenters. The van der Waals surface area contributed by atoms with Crippen molar-refractivity contribution in [2.24, 2.45) is 0 Å². The van der Waals surface area contributed by atoms with Crippen LogP contribution in [0, 0.1) is 0 Å². The first-order chi connectivity index (χ1) is 16.0. The van der Waals surface area contributed by atoms with Gasteiger partial charge >= 0.3 is 0 Å². The molecular formula is C27H30O4S2. The third-order valence-corrected chi connectivity index (χ3v) is 9.47. The van der Waals surface area contributed by atoms with Gasteiger partial charge in [0.25, 0.3) is 0 Å². The summed E-state index contributed by atoms with van der Waals surface area (Å²) in [4.78, 5) is 0. The van der Waals surface area contributed by atoms with Gasteiger partial charge in [-0.1, -0.05) is 84.9 Å². The van der Waals surface area contributed by atoms with Crippen LogP contribution in [0.25, 0.3) is 0 Å². The lowest BCUT2D eigenvalue weighted by molar-refractivity contribution is 0.252. The first-order valence-electron chi connectivity index (χ1n) is 11.4. The number of benzene rings is 3. The molecule has 0 saturated heterocycles. The minimum absolute atomic E-state index is 0.206. The van der Waals surface area contributed by atoms with Gasteiger partial charge in [0, 0.05) is 17.5 Å². The van der Waals surface area contributed by atoms with Crippen LogP contribution in [0.5, 0.6) is 0 Å². The second-order valence-electron chi connectivity index (χ2n) is 8.70. The second-order valence-corrected chi connectivity index (χ2v) is 12.1. The highest BCUT2D eigenvalue weighted by Gasteiger charge is 2.36. The minimum atomic E-state index is -4.69. The normalized spacial score (nSPS) is 19.0. The lowest BCUT2D eigenvalue weighted by Gasteiger charge is -2.30. The number of rotatable bonds is 9. The highest BCUT2D eigenvalue weighted by atomic mass is 32.3. The second kappa shape index (κ2) is 11.3. The summed E-state index contributed by atoms with van der Waals surface area (Å²) < 4.78 is 37.0. The van der Waals surface area contributed by atoms with Gasteiger partial charge < -0.3 is 4.55 Å². The first kappa shape index (κ1) is 24.0. The molecule has 3 aromatic rings. The highest BCUT2D eigenvalue weighted by Crippen LogP contribution is 2.38. The van der Waals surface area contributed by atoms with E-state index in [1.807, 2.05) is 18.2 Å². The predicted octanol–water partition coefficient (Wildman–Crippen LogP) is 5.71. The maximum Gasteiger partial charge on any atom is 0.217 e. The third kappa shape index (κ3) is 7.44. The topological polar surface area (TPSA) is 66.4 Å². The van der Waals surface area contributed by atoms with Crippen LogP contribution < -0.4 is 0 Å². The summed E-state index contributed by atoms with van der Waals surface area (Å²) in [6, 6.07) is 29.4. The van der Waals surface area contributed by atoms with E-state index in [1.54, 1.807) is 0 Å². The van der Waals surface area contributed by atoms with Gasteiger partial charge in [-0.3, -0.25) is 4.18 Å². The average Bonchev–Trinajstić information content (AvgIpc) is 2.84. The monoisotopic (exact) mass is 482 g/mol. The molecule has 1 aliphatic rings. The van der Waals surface area contributed by atoms with E-state index in [4.69, 9.17) is 0 Å². The zero-order valence-corrected chi connectivity index (χ0v) is 20.3. The Bertz CT molecular complexity index is 1080. The Morgan fingerprint density at radius 2 is 1.42 bits per heavy atom. The Kier molecular flexibility index (Phi) is 8.25. The molecular weight excluding hydrogens is 452 g/mol. The Hall–Kier alpha value is -2.12. The van der Waals surface area contributed by atoms with Crippen LogP contribution in [0.3, 0.4) is 0 Å². The van der Waals surface area contributed by atoms with E-state index in [2.05, 4.69) is 70.9 Å². The van der Waals surface area contributed by atoms with E-state index in [9.17, 15) is 13.0 Å². The molecule has 0 radical (unpaired) electrons. The Balaban J connectivity index is 1.50. The molecule has 174 valence electrons. The minimum Gasteiger partial charge on any atom is -0.726 e. The summed E-state index contributed by atoms with van der Waals surface area (Å²) in [6.07, 6.45) is 4.70. The smallest absolute Gasteiger partial charge is 0.217 e. The molecule has 0 spiro atoms. The van der Waals surface area contributed by atoms with Gasteiger partial charge in [-0.25, -0.2) is 8.42 Å². The van der Waals surface area contributed by atoms with Crippen LogP contribution in [0.4, 0.5) is 0 Å². The van der Waals surface area contributed by atoms with Crippen molar-refractivity contribution in [3.05, 3.63) is 107 Å². The fourth-order valence-electron chi connectivity index (χ4n) is 4.69. The van der Waals surface area contributed by atoms with Gasteiger partial charge in [0.15, 0.2) is 0 Å². The van der Waals surface area contributed by atoms with Crippen LogP contribution in [-0.2, 0) is 43.6 Å². The summed E-state index contributed by atoms with van der Waals surface area (Å²) >= 11 is 0. The van der Waals surface area contributed by atoms with E-state index in [0.29, 0.717) is 11.2 Å². The largest absolute Gasteiger partial charge is 0.726 e. The standard InChI is InChI=1S/C27H30O4S2/c28-33(29,30)31-19-24-13-7-14-25(17-24)26-15-8-16-27(18-26)32(20-22-9-3-1-4-10-22)21-23-11-5-2-6-12-23/h1-7,9-14,17,26-27H,8,15-16,18-21H2. The maximum absolute atomic E-state index is 10.8. The van der Waals surface area contributed by atoms with Crippen molar-refractivity contribution in [2.75, 3.05) is 0 Å². The maximum atomic E-state index is 10.8. The van der Waals surface area contributed by atoms with Gasteiger partial charge in [-0.05, 0) is 47.2 Å². The van der Waals surface area contributed by atoms with E-state index < -0.39 is 10.4 Å². The predicted molar refractivity (Wildman–Crippen MR) is 134 cm³/mol. The van der Waals surface area contributed by atoms with Crippen molar-refractivity contribution in [2.45, 2.75) is 55.0 Å². The Morgan fingerprint density at radius 3 is 2.03 bits per heavy atom. The Morgan fingerprint density at radius 1 is 0.818 bits per heavy atom. The number of hydrogen-bond donors (Lipinski definition) is 0. The molecule has 0 heterocycles. The van der Waals surface area contributed by atoms with Gasteiger partial charge in [0.2, 0.25) is 10.4 Å². The van der Waals surface area contributed by atoms with Crippen LogP contribution in [0.2, 0.25) is 0 Å². The van der Waals surface area contributed by atoms with E-state index >= 15 is 0 Å². The average molecular weight is 483 g/mol. The van der Waals surface area contributed by atoms with Crippen molar-refractivity contribution in [1.82, 2.24) is 0 Å². The molecule has 0 amide bonds. The van der Waals surface area contributed by atoms with Crippen molar-refractivity contribution < 1.29 is 17.2 Å². The molecule has 0 aliphatic heterocycles. The van der Waals surface area contributed by atoms with Gasteiger partial charge in [-0.2, -0.15) is 0 Å². The summed E-state index contributed by atoms with van der Waals surface area (Å²) in [5.74, 6) is 2.64. The molecule has 3 aromatic carbocycles. The van der Waals surface area contributed by atoms with Crippen molar-refractivity contribution in [1.29, 1.82) is 0 Å². The number of hydrogen-bond acceptors (Lipinski definition) is 4. The van der Waals surface area contributed by atoms with Crippen LogP contribution in [-0.4, -0.2) is 18.2 Å². The molecule has 6 heteroatoms. The zero-order valence-electron chi connectivity index (χ0n) is 18.6. The lowest BCUT2D eigenvalue weighted by Crippen LogP contribution is -2.30. The van der Waals surface area contributed by atoms with Gasteiger partial charge in [-0.15, -0.1) is 0 Å². The molecule has 33 heavy (non-hydrogen) atoms. The first-order valence-corrected chi connectivity index (χ1v) is 14.4. The fourth-order valence-corrected chi connectivity index (χ4v) is 7.79. The lowest BCUT2D eigenvalue weighted by atomic mass is 9.83. The molecule has 4 rings (SSSR count). The van der Waals surface area contributed by atoms with E-state index in [0.717, 1.165) is 29.9 Å². The van der Waals surface area contributed by atoms with Crippen LogP contribution in [0.1, 0.15) is 53.9 Å². The quantitative estimate of drug-likeness (QED) is 0.223. The van der Waals surface area contributed by atoms with Crippen molar-refractivity contribution in [3.8, 4) is 0 Å². The van der Waals surface area contributed by atoms with Gasteiger partial charge in [0.05, 0.1) is 6.61 Å². The SMILES string of the molecule is O=S(=O)([O-])OCc1cccc(C2CCCC([S+](Cc3ccccc3)Cc3ccccc3)C2)c1. The molecule has 4 nitrogen and oxygen atoms in total. The van der Waals surface area contributed by atoms with Crippen molar-refractivity contribution >= 4 is 21.3 Å². The molecule has 2 unspecified atom stereocenters. The van der Waals surface area contributed by atoms with E-state index in [-0.39, 0.29) is 17.5 Å². The van der Waals surface area contributed by atoms with Crippen LogP contribution >= 0.6 is 0 Å². The third-order valence-electron chi connectivity index (χ3n) is 6.28. The molecule has 1 aliphatic carbocycles. The fraction of sp³-hybridized carbons (Fsp3) is 0.333. The molecule has 1 fully saturated rings. The summed E-state index contributed by atoms with van der Waals surface area (Å²) in [5, 5.41) is 0.645. The molecule has 1 saturated carbocycles.